The molecule has 27 heavy (non-hydrogen) atoms. The molecule has 0 saturated heterocycles. The number of amides is 1. The Morgan fingerprint density at radius 3 is 2.52 bits per heavy atom. The van der Waals surface area contributed by atoms with Gasteiger partial charge in [-0.3, -0.25) is 9.48 Å². The SMILES string of the molecule is Cc1nn(C)c(NC(=O)CCc2ccc(F)c(F)c2)c1-c1ccc(Br)cc1. The molecule has 0 saturated carbocycles. The van der Waals surface area contributed by atoms with E-state index in [2.05, 4.69) is 26.3 Å². The maximum absolute atomic E-state index is 13.3. The van der Waals surface area contributed by atoms with E-state index in [1.54, 1.807) is 11.7 Å². The van der Waals surface area contributed by atoms with Crippen molar-refractivity contribution in [3.63, 3.8) is 0 Å². The second-order valence-electron chi connectivity index (χ2n) is 6.24. The molecular weight excluding hydrogens is 416 g/mol. The molecule has 2 aromatic carbocycles. The third kappa shape index (κ3) is 4.42. The largest absolute Gasteiger partial charge is 0.310 e. The van der Waals surface area contributed by atoms with Gasteiger partial charge in [0.1, 0.15) is 5.82 Å². The third-order valence-electron chi connectivity index (χ3n) is 4.24. The van der Waals surface area contributed by atoms with Gasteiger partial charge in [-0.1, -0.05) is 34.1 Å². The number of carbonyl (C=O) groups is 1. The lowest BCUT2D eigenvalue weighted by atomic mass is 10.1. The molecule has 0 spiro atoms. The molecule has 3 aromatic rings. The van der Waals surface area contributed by atoms with Gasteiger partial charge in [-0.25, -0.2) is 8.78 Å². The summed E-state index contributed by atoms with van der Waals surface area (Å²) in [4.78, 5) is 12.4. The monoisotopic (exact) mass is 433 g/mol. The fourth-order valence-electron chi connectivity index (χ4n) is 2.91. The molecule has 1 aromatic heterocycles. The van der Waals surface area contributed by atoms with Gasteiger partial charge in [0.15, 0.2) is 11.6 Å². The summed E-state index contributed by atoms with van der Waals surface area (Å²) < 4.78 is 28.9. The highest BCUT2D eigenvalue weighted by atomic mass is 79.9. The van der Waals surface area contributed by atoms with Crippen LogP contribution < -0.4 is 5.32 Å². The first-order chi connectivity index (χ1) is 12.8. The molecule has 1 N–H and O–H groups in total. The first-order valence-electron chi connectivity index (χ1n) is 8.38. The van der Waals surface area contributed by atoms with Gasteiger partial charge in [0, 0.05) is 23.5 Å². The average Bonchev–Trinajstić information content (AvgIpc) is 2.90. The highest BCUT2D eigenvalue weighted by molar-refractivity contribution is 9.10. The number of nitrogens with zero attached hydrogens (tertiary/aromatic N) is 2. The summed E-state index contributed by atoms with van der Waals surface area (Å²) in [5, 5.41) is 7.29. The van der Waals surface area contributed by atoms with E-state index in [1.807, 2.05) is 31.2 Å². The van der Waals surface area contributed by atoms with Gasteiger partial charge in [-0.15, -0.1) is 0 Å². The highest BCUT2D eigenvalue weighted by Gasteiger charge is 2.17. The zero-order valence-corrected chi connectivity index (χ0v) is 16.5. The van der Waals surface area contributed by atoms with Crippen LogP contribution in [0.5, 0.6) is 0 Å². The smallest absolute Gasteiger partial charge is 0.225 e. The summed E-state index contributed by atoms with van der Waals surface area (Å²) in [7, 11) is 1.76. The molecule has 0 fully saturated rings. The molecule has 0 aliphatic carbocycles. The lowest BCUT2D eigenvalue weighted by Gasteiger charge is -2.10. The number of hydrogen-bond acceptors (Lipinski definition) is 2. The van der Waals surface area contributed by atoms with E-state index < -0.39 is 11.6 Å². The van der Waals surface area contributed by atoms with Gasteiger partial charge < -0.3 is 5.32 Å². The maximum Gasteiger partial charge on any atom is 0.225 e. The molecule has 0 bridgehead atoms. The van der Waals surface area contributed by atoms with Gasteiger partial charge in [0.25, 0.3) is 0 Å². The topological polar surface area (TPSA) is 46.9 Å². The van der Waals surface area contributed by atoms with E-state index in [9.17, 15) is 13.6 Å². The van der Waals surface area contributed by atoms with Crippen molar-refractivity contribution in [2.75, 3.05) is 5.32 Å². The predicted octanol–water partition coefficient (Wildman–Crippen LogP) is 5.01. The number of aryl methyl sites for hydroxylation is 3. The summed E-state index contributed by atoms with van der Waals surface area (Å²) >= 11 is 3.41. The van der Waals surface area contributed by atoms with Crippen molar-refractivity contribution in [1.82, 2.24) is 9.78 Å². The van der Waals surface area contributed by atoms with E-state index in [0.29, 0.717) is 17.8 Å². The minimum atomic E-state index is -0.910. The van der Waals surface area contributed by atoms with Crippen molar-refractivity contribution >= 4 is 27.7 Å². The Morgan fingerprint density at radius 1 is 1.15 bits per heavy atom. The Morgan fingerprint density at radius 2 is 1.85 bits per heavy atom. The van der Waals surface area contributed by atoms with Gasteiger partial charge in [0.2, 0.25) is 5.91 Å². The summed E-state index contributed by atoms with van der Waals surface area (Å²) in [6.07, 6.45) is 0.461. The summed E-state index contributed by atoms with van der Waals surface area (Å²) in [6.45, 7) is 1.88. The van der Waals surface area contributed by atoms with Crippen LogP contribution in [-0.2, 0) is 18.3 Å². The lowest BCUT2D eigenvalue weighted by molar-refractivity contribution is -0.116. The van der Waals surface area contributed by atoms with Gasteiger partial charge in [-0.05, 0) is 48.7 Å². The average molecular weight is 434 g/mol. The zero-order chi connectivity index (χ0) is 19.6. The molecule has 0 aliphatic heterocycles. The summed E-state index contributed by atoms with van der Waals surface area (Å²) in [6, 6.07) is 11.4. The van der Waals surface area contributed by atoms with Gasteiger partial charge >= 0.3 is 0 Å². The van der Waals surface area contributed by atoms with Crippen LogP contribution in [0.2, 0.25) is 0 Å². The van der Waals surface area contributed by atoms with Crippen molar-refractivity contribution in [3.05, 3.63) is 69.8 Å². The Bertz CT molecular complexity index is 984. The van der Waals surface area contributed by atoms with Crippen LogP contribution in [0, 0.1) is 18.6 Å². The van der Waals surface area contributed by atoms with E-state index >= 15 is 0 Å². The molecule has 1 heterocycles. The quantitative estimate of drug-likeness (QED) is 0.614. The number of carbonyl (C=O) groups excluding carboxylic acids is 1. The lowest BCUT2D eigenvalue weighted by Crippen LogP contribution is -2.15. The summed E-state index contributed by atoms with van der Waals surface area (Å²) in [5.74, 6) is -1.42. The molecule has 0 radical (unpaired) electrons. The molecule has 3 rings (SSSR count). The van der Waals surface area contributed by atoms with Crippen molar-refractivity contribution in [1.29, 1.82) is 0 Å². The van der Waals surface area contributed by atoms with Gasteiger partial charge in [-0.2, -0.15) is 5.10 Å². The number of benzene rings is 2. The molecule has 140 valence electrons. The Balaban J connectivity index is 1.76. The first-order valence-corrected chi connectivity index (χ1v) is 9.18. The minimum absolute atomic E-state index is 0.148. The summed E-state index contributed by atoms with van der Waals surface area (Å²) in [5.41, 5.74) is 3.17. The molecule has 7 heteroatoms. The standard InChI is InChI=1S/C20H18BrF2N3O/c1-12-19(14-5-7-15(21)8-6-14)20(26(2)25-12)24-18(27)10-4-13-3-9-16(22)17(23)11-13/h3,5-9,11H,4,10H2,1-2H3,(H,24,27). The van der Waals surface area contributed by atoms with Crippen LogP contribution in [0.15, 0.2) is 46.9 Å². The van der Waals surface area contributed by atoms with E-state index in [-0.39, 0.29) is 12.3 Å². The van der Waals surface area contributed by atoms with Crippen molar-refractivity contribution in [3.8, 4) is 11.1 Å². The molecular formula is C20H18BrF2N3O. The molecule has 1 amide bonds. The zero-order valence-electron chi connectivity index (χ0n) is 14.9. The fourth-order valence-corrected chi connectivity index (χ4v) is 3.18. The second kappa shape index (κ2) is 8.00. The van der Waals surface area contributed by atoms with Crippen molar-refractivity contribution in [2.45, 2.75) is 19.8 Å². The van der Waals surface area contributed by atoms with E-state index in [0.717, 1.165) is 33.4 Å². The third-order valence-corrected chi connectivity index (χ3v) is 4.77. The second-order valence-corrected chi connectivity index (χ2v) is 7.15. The highest BCUT2D eigenvalue weighted by Crippen LogP contribution is 2.32. The van der Waals surface area contributed by atoms with Crippen LogP contribution in [0.1, 0.15) is 17.7 Å². The minimum Gasteiger partial charge on any atom is -0.310 e. The normalized spacial score (nSPS) is 10.9. The Hall–Kier alpha value is -2.54. The van der Waals surface area contributed by atoms with Crippen LogP contribution in [0.3, 0.4) is 0 Å². The van der Waals surface area contributed by atoms with Crippen molar-refractivity contribution < 1.29 is 13.6 Å². The Kier molecular flexibility index (Phi) is 5.70. The maximum atomic E-state index is 13.3. The van der Waals surface area contributed by atoms with Crippen LogP contribution >= 0.6 is 15.9 Å². The molecule has 0 atom stereocenters. The molecule has 0 unspecified atom stereocenters. The number of hydrogen-bond donors (Lipinski definition) is 1. The van der Waals surface area contributed by atoms with Gasteiger partial charge in [0.05, 0.1) is 5.69 Å². The molecule has 4 nitrogen and oxygen atoms in total. The first kappa shape index (κ1) is 19.2. The molecule has 0 aliphatic rings. The number of anilines is 1. The predicted molar refractivity (Wildman–Crippen MR) is 104 cm³/mol. The number of nitrogens with one attached hydrogen (secondary N) is 1. The van der Waals surface area contributed by atoms with Crippen LogP contribution in [0.4, 0.5) is 14.6 Å². The number of halogens is 3. The van der Waals surface area contributed by atoms with E-state index in [4.69, 9.17) is 0 Å². The number of aromatic nitrogens is 2. The van der Waals surface area contributed by atoms with E-state index in [1.165, 1.54) is 6.07 Å². The van der Waals surface area contributed by atoms with Crippen LogP contribution in [0.25, 0.3) is 11.1 Å². The number of rotatable bonds is 5. The van der Waals surface area contributed by atoms with Crippen molar-refractivity contribution in [2.24, 2.45) is 7.05 Å². The fraction of sp³-hybridized carbons (Fsp3) is 0.200. The van der Waals surface area contributed by atoms with Crippen LogP contribution in [-0.4, -0.2) is 15.7 Å². The Labute approximate surface area is 164 Å².